The average molecular weight is 525 g/mol. The van der Waals surface area contributed by atoms with Crippen molar-refractivity contribution in [2.45, 2.75) is 67.0 Å². The number of amides is 1. The highest BCUT2D eigenvalue weighted by atomic mass is 16.4. The van der Waals surface area contributed by atoms with Crippen LogP contribution in [0.2, 0.25) is 0 Å². The van der Waals surface area contributed by atoms with E-state index in [2.05, 4.69) is 35.4 Å². The second kappa shape index (κ2) is 10.3. The first kappa shape index (κ1) is 26.6. The minimum absolute atomic E-state index is 0.0352. The number of rotatable bonds is 6. The van der Waals surface area contributed by atoms with E-state index in [4.69, 9.17) is 0 Å². The fourth-order valence-corrected chi connectivity index (χ4v) is 5.92. The van der Waals surface area contributed by atoms with E-state index in [0.29, 0.717) is 19.6 Å². The van der Waals surface area contributed by atoms with Crippen molar-refractivity contribution in [1.29, 1.82) is 0 Å². The second-order valence-electron chi connectivity index (χ2n) is 10.9. The van der Waals surface area contributed by atoms with Crippen LogP contribution in [-0.4, -0.2) is 43.4 Å². The number of aryl methyl sites for hydroxylation is 4. The van der Waals surface area contributed by atoms with Gasteiger partial charge in [-0.2, -0.15) is 0 Å². The van der Waals surface area contributed by atoms with E-state index < -0.39 is 11.9 Å². The second-order valence-corrected chi connectivity index (χ2v) is 10.9. The topological polar surface area (TPSA) is 88.3 Å². The molecule has 0 bridgehead atoms. The lowest BCUT2D eigenvalue weighted by Crippen LogP contribution is -2.36. The van der Waals surface area contributed by atoms with Crippen molar-refractivity contribution in [2.24, 2.45) is 5.92 Å². The molecule has 0 unspecified atom stereocenters. The summed E-state index contributed by atoms with van der Waals surface area (Å²) in [5.74, 6) is -1.83. The van der Waals surface area contributed by atoms with Gasteiger partial charge in [0.25, 0.3) is 5.91 Å². The molecule has 1 amide bonds. The van der Waals surface area contributed by atoms with E-state index in [1.807, 2.05) is 61.5 Å². The molecule has 2 atom stereocenters. The number of carbonyl (C=O) groups excluding carboxylic acids is 1. The van der Waals surface area contributed by atoms with Crippen molar-refractivity contribution in [3.05, 3.63) is 92.5 Å². The van der Waals surface area contributed by atoms with Crippen molar-refractivity contribution in [2.75, 3.05) is 6.54 Å². The number of carboxylic acid groups (broad SMARTS) is 1. The Labute approximate surface area is 229 Å². The first-order chi connectivity index (χ1) is 18.6. The van der Waals surface area contributed by atoms with Crippen molar-refractivity contribution >= 4 is 22.9 Å². The molecule has 39 heavy (non-hydrogen) atoms. The number of hydrogen-bond acceptors (Lipinski definition) is 4. The smallest absolute Gasteiger partial charge is 0.307 e. The molecule has 0 radical (unpaired) electrons. The Morgan fingerprint density at radius 2 is 1.69 bits per heavy atom. The van der Waals surface area contributed by atoms with Gasteiger partial charge in [0.15, 0.2) is 0 Å². The summed E-state index contributed by atoms with van der Waals surface area (Å²) in [4.78, 5) is 27.7. The molecule has 202 valence electrons. The lowest BCUT2D eigenvalue weighted by atomic mass is 9.78. The molecule has 0 aliphatic carbocycles. The quantitative estimate of drug-likeness (QED) is 0.348. The maximum atomic E-state index is 13.5. The molecule has 4 aromatic rings. The van der Waals surface area contributed by atoms with Gasteiger partial charge in [0.2, 0.25) is 0 Å². The fourth-order valence-electron chi connectivity index (χ4n) is 5.92. The standard InChI is InChI=1S/C32H36N4O3/c1-7-36-28-11-10-27(21(5)30(28)33-34-36)29(22(6)32(38)39)24-9-8-23-12-13-35(17-26(23)16-24)31(37)25-14-18(2)20(4)19(3)15-25/h8-11,14-16,22,29H,7,12-13,17H2,1-6H3,(H,38,39)/t22-,29+/m1/s1. The van der Waals surface area contributed by atoms with Crippen molar-refractivity contribution in [3.8, 4) is 0 Å². The zero-order chi connectivity index (χ0) is 28.0. The molecule has 1 aliphatic heterocycles. The van der Waals surface area contributed by atoms with Crippen LogP contribution in [0.5, 0.6) is 0 Å². The van der Waals surface area contributed by atoms with E-state index in [-0.39, 0.29) is 11.8 Å². The molecule has 7 heteroatoms. The van der Waals surface area contributed by atoms with E-state index in [1.54, 1.807) is 6.92 Å². The number of aromatic nitrogens is 3. The fraction of sp³-hybridized carbons (Fsp3) is 0.375. The number of fused-ring (bicyclic) bond motifs is 2. The van der Waals surface area contributed by atoms with Crippen LogP contribution in [0, 0.1) is 33.6 Å². The van der Waals surface area contributed by atoms with Crippen LogP contribution in [-0.2, 0) is 24.3 Å². The monoisotopic (exact) mass is 524 g/mol. The Morgan fingerprint density at radius 3 is 2.36 bits per heavy atom. The van der Waals surface area contributed by atoms with E-state index in [9.17, 15) is 14.7 Å². The minimum atomic E-state index is -0.851. The van der Waals surface area contributed by atoms with Gasteiger partial charge in [-0.3, -0.25) is 9.59 Å². The molecule has 0 saturated carbocycles. The molecule has 2 heterocycles. The van der Waals surface area contributed by atoms with Gasteiger partial charge >= 0.3 is 5.97 Å². The number of nitrogens with zero attached hydrogens (tertiary/aromatic N) is 4. The highest BCUT2D eigenvalue weighted by Gasteiger charge is 2.31. The van der Waals surface area contributed by atoms with Crippen molar-refractivity contribution in [1.82, 2.24) is 19.9 Å². The summed E-state index contributed by atoms with van der Waals surface area (Å²) in [5, 5.41) is 18.7. The van der Waals surface area contributed by atoms with Crippen molar-refractivity contribution in [3.63, 3.8) is 0 Å². The number of benzene rings is 3. The Balaban J connectivity index is 1.52. The van der Waals surface area contributed by atoms with Gasteiger partial charge < -0.3 is 10.0 Å². The normalized spacial score (nSPS) is 14.8. The summed E-state index contributed by atoms with van der Waals surface area (Å²) in [7, 11) is 0. The highest BCUT2D eigenvalue weighted by Crippen LogP contribution is 2.38. The SMILES string of the molecule is CCn1nnc2c(C)c([C@H](c3ccc4c(c3)CN(C(=O)c3cc(C)c(C)c(C)c3)CC4)[C@@H](C)C(=O)O)ccc21. The Kier molecular flexibility index (Phi) is 7.02. The number of hydrogen-bond donors (Lipinski definition) is 1. The molecule has 1 N–H and O–H groups in total. The van der Waals surface area contributed by atoms with Crippen LogP contribution in [0.4, 0.5) is 0 Å². The Hall–Kier alpha value is -4.00. The van der Waals surface area contributed by atoms with Crippen LogP contribution in [0.25, 0.3) is 11.0 Å². The van der Waals surface area contributed by atoms with E-state index in [0.717, 1.165) is 56.4 Å². The zero-order valence-electron chi connectivity index (χ0n) is 23.6. The molecule has 0 fully saturated rings. The first-order valence-electron chi connectivity index (χ1n) is 13.6. The zero-order valence-corrected chi connectivity index (χ0v) is 23.6. The van der Waals surface area contributed by atoms with E-state index in [1.165, 1.54) is 11.1 Å². The highest BCUT2D eigenvalue weighted by molar-refractivity contribution is 5.95. The molecule has 3 aromatic carbocycles. The molecule has 1 aliphatic rings. The van der Waals surface area contributed by atoms with Gasteiger partial charge in [0, 0.05) is 31.1 Å². The Bertz CT molecular complexity index is 1580. The van der Waals surface area contributed by atoms with Crippen LogP contribution in [0.1, 0.15) is 74.6 Å². The van der Waals surface area contributed by atoms with Gasteiger partial charge in [0.05, 0.1) is 11.4 Å². The summed E-state index contributed by atoms with van der Waals surface area (Å²) in [6, 6.07) is 14.2. The molecule has 7 nitrogen and oxygen atoms in total. The largest absolute Gasteiger partial charge is 0.481 e. The predicted octanol–water partition coefficient (Wildman–Crippen LogP) is 5.74. The van der Waals surface area contributed by atoms with Crippen LogP contribution < -0.4 is 0 Å². The lowest BCUT2D eigenvalue weighted by Gasteiger charge is -2.31. The minimum Gasteiger partial charge on any atom is -0.481 e. The summed E-state index contributed by atoms with van der Waals surface area (Å²) in [5.41, 5.74) is 11.0. The molecule has 5 rings (SSSR count). The third-order valence-electron chi connectivity index (χ3n) is 8.57. The van der Waals surface area contributed by atoms with Gasteiger partial charge in [-0.05, 0) is 104 Å². The molecule has 0 saturated heterocycles. The third kappa shape index (κ3) is 4.71. The third-order valence-corrected chi connectivity index (χ3v) is 8.57. The number of carboxylic acids is 1. The first-order valence-corrected chi connectivity index (χ1v) is 13.6. The molecule has 1 aromatic heterocycles. The van der Waals surface area contributed by atoms with Gasteiger partial charge in [-0.1, -0.05) is 36.4 Å². The predicted molar refractivity (Wildman–Crippen MR) is 152 cm³/mol. The molecular formula is C32H36N4O3. The van der Waals surface area contributed by atoms with Crippen LogP contribution in [0.15, 0.2) is 42.5 Å². The van der Waals surface area contributed by atoms with Gasteiger partial charge in [-0.15, -0.1) is 5.10 Å². The lowest BCUT2D eigenvalue weighted by molar-refractivity contribution is -0.141. The summed E-state index contributed by atoms with van der Waals surface area (Å²) >= 11 is 0. The van der Waals surface area contributed by atoms with Crippen molar-refractivity contribution < 1.29 is 14.7 Å². The summed E-state index contributed by atoms with van der Waals surface area (Å²) < 4.78 is 1.85. The van der Waals surface area contributed by atoms with Gasteiger partial charge in [-0.25, -0.2) is 4.68 Å². The van der Waals surface area contributed by atoms with Crippen LogP contribution in [0.3, 0.4) is 0 Å². The molecule has 0 spiro atoms. The maximum absolute atomic E-state index is 13.5. The number of aliphatic carboxylic acids is 1. The summed E-state index contributed by atoms with van der Waals surface area (Å²) in [6.45, 7) is 13.8. The van der Waals surface area contributed by atoms with Gasteiger partial charge in [0.1, 0.15) is 5.52 Å². The summed E-state index contributed by atoms with van der Waals surface area (Å²) in [6.07, 6.45) is 0.773. The maximum Gasteiger partial charge on any atom is 0.307 e. The van der Waals surface area contributed by atoms with Crippen LogP contribution >= 0.6 is 0 Å². The van der Waals surface area contributed by atoms with E-state index >= 15 is 0 Å². The number of carbonyl (C=O) groups is 2. The Morgan fingerprint density at radius 1 is 0.974 bits per heavy atom. The average Bonchev–Trinajstić information content (AvgIpc) is 3.36. The molecular weight excluding hydrogens is 488 g/mol.